The number of guanidine groups is 1. The number of hydrogen-bond donors (Lipinski definition) is 8. The Bertz CT molecular complexity index is 1020. The van der Waals surface area contributed by atoms with Gasteiger partial charge < -0.3 is 44.0 Å². The van der Waals surface area contributed by atoms with Crippen LogP contribution >= 0.6 is 0 Å². The van der Waals surface area contributed by atoms with Crippen LogP contribution < -0.4 is 38.9 Å². The maximum absolute atomic E-state index is 13.3. The summed E-state index contributed by atoms with van der Waals surface area (Å²) < 4.78 is 0. The molecule has 216 valence electrons. The van der Waals surface area contributed by atoms with Crippen molar-refractivity contribution < 1.29 is 29.1 Å². The van der Waals surface area contributed by atoms with E-state index in [0.29, 0.717) is 12.8 Å². The predicted octanol–water partition coefficient (Wildman–Crippen LogP) is -1.93. The van der Waals surface area contributed by atoms with Crippen molar-refractivity contribution in [2.75, 3.05) is 6.54 Å². The minimum atomic E-state index is -1.57. The lowest BCUT2D eigenvalue weighted by Gasteiger charge is -2.28. The van der Waals surface area contributed by atoms with E-state index >= 15 is 0 Å². The minimum absolute atomic E-state index is 0.123. The fraction of sp³-hybridized carbons (Fsp3) is 0.520. The first-order chi connectivity index (χ1) is 18.3. The number of nitrogens with one attached hydrogen (secondary N) is 3. The summed E-state index contributed by atoms with van der Waals surface area (Å²) >= 11 is 0. The Morgan fingerprint density at radius 3 is 2.08 bits per heavy atom. The van der Waals surface area contributed by atoms with Crippen molar-refractivity contribution in [3.63, 3.8) is 0 Å². The number of rotatable bonds is 17. The van der Waals surface area contributed by atoms with E-state index in [1.54, 1.807) is 13.8 Å². The van der Waals surface area contributed by atoms with E-state index < -0.39 is 66.1 Å². The van der Waals surface area contributed by atoms with E-state index in [0.717, 1.165) is 5.56 Å². The Hall–Kier alpha value is -4.20. The van der Waals surface area contributed by atoms with Gasteiger partial charge in [0, 0.05) is 6.54 Å². The van der Waals surface area contributed by atoms with Gasteiger partial charge in [0.15, 0.2) is 5.96 Å². The number of nitrogens with zero attached hydrogens (tertiary/aromatic N) is 1. The van der Waals surface area contributed by atoms with Crippen molar-refractivity contribution in [1.29, 1.82) is 0 Å². The summed E-state index contributed by atoms with van der Waals surface area (Å²) in [6, 6.07) is 4.36. The molecule has 4 amide bonds. The largest absolute Gasteiger partial charge is 0.480 e. The van der Waals surface area contributed by atoms with Crippen molar-refractivity contribution in [3.05, 3.63) is 35.9 Å². The van der Waals surface area contributed by atoms with E-state index in [9.17, 15) is 29.1 Å². The second-order valence-corrected chi connectivity index (χ2v) is 9.25. The highest BCUT2D eigenvalue weighted by molar-refractivity contribution is 5.95. The molecular weight excluding hydrogens is 508 g/mol. The van der Waals surface area contributed by atoms with Crippen molar-refractivity contribution in [3.8, 4) is 0 Å². The first-order valence-electron chi connectivity index (χ1n) is 12.6. The molecule has 0 aromatic heterocycles. The zero-order chi connectivity index (χ0) is 29.5. The van der Waals surface area contributed by atoms with Gasteiger partial charge in [0.05, 0.1) is 12.5 Å². The maximum atomic E-state index is 13.3. The first-order valence-corrected chi connectivity index (χ1v) is 12.6. The first kappa shape index (κ1) is 32.8. The highest BCUT2D eigenvalue weighted by Gasteiger charge is 2.33. The van der Waals surface area contributed by atoms with Crippen LogP contribution in [0.2, 0.25) is 0 Å². The van der Waals surface area contributed by atoms with Crippen LogP contribution in [0, 0.1) is 5.92 Å². The van der Waals surface area contributed by atoms with Crippen LogP contribution in [0.25, 0.3) is 0 Å². The van der Waals surface area contributed by atoms with E-state index in [2.05, 4.69) is 20.9 Å². The van der Waals surface area contributed by atoms with Crippen LogP contribution in [0.15, 0.2) is 35.3 Å². The molecule has 0 saturated carbocycles. The Balaban J connectivity index is 3.06. The summed E-state index contributed by atoms with van der Waals surface area (Å²) in [5.41, 5.74) is 22.7. The lowest BCUT2D eigenvalue weighted by molar-refractivity contribution is -0.144. The van der Waals surface area contributed by atoms with Crippen LogP contribution in [-0.2, 0) is 30.4 Å². The zero-order valence-corrected chi connectivity index (χ0v) is 22.3. The van der Waals surface area contributed by atoms with Gasteiger partial charge >= 0.3 is 5.97 Å². The van der Waals surface area contributed by atoms with Gasteiger partial charge in [0.25, 0.3) is 0 Å². The third kappa shape index (κ3) is 12.3. The average Bonchev–Trinajstić information content (AvgIpc) is 2.87. The fourth-order valence-corrected chi connectivity index (χ4v) is 3.63. The standard InChI is InChI=1S/C25H40N8O6/c1-3-14(2)20(23(37)32-18(24(38)39)13-19(27)34)33-22(36)17(10-7-11-30-25(28)29)31-21(35)16(26)12-15-8-5-4-6-9-15/h4-6,8-9,14,16-18,20H,3,7,10-13,26H2,1-2H3,(H2,27,34)(H,31,35)(H,32,37)(H,33,36)(H,38,39)(H4,28,29,30). The monoisotopic (exact) mass is 548 g/mol. The Morgan fingerprint density at radius 2 is 1.54 bits per heavy atom. The summed E-state index contributed by atoms with van der Waals surface area (Å²) in [5.74, 6) is -4.97. The number of nitrogens with two attached hydrogens (primary N) is 4. The maximum Gasteiger partial charge on any atom is 0.326 e. The number of amides is 4. The molecule has 0 radical (unpaired) electrons. The van der Waals surface area contributed by atoms with Gasteiger partial charge in [-0.05, 0) is 30.7 Å². The molecule has 5 unspecified atom stereocenters. The van der Waals surface area contributed by atoms with Crippen LogP contribution in [0.4, 0.5) is 0 Å². The SMILES string of the molecule is CCC(C)C(NC(=O)C(CCCN=C(N)N)NC(=O)C(N)Cc1ccccc1)C(=O)NC(CC(N)=O)C(=O)O. The number of benzene rings is 1. The lowest BCUT2D eigenvalue weighted by atomic mass is 9.97. The quantitative estimate of drug-likeness (QED) is 0.0611. The molecule has 0 aliphatic rings. The average molecular weight is 549 g/mol. The molecule has 14 nitrogen and oxygen atoms in total. The van der Waals surface area contributed by atoms with Crippen LogP contribution in [0.1, 0.15) is 45.1 Å². The summed E-state index contributed by atoms with van der Waals surface area (Å²) in [6.07, 6.45) is 0.522. The van der Waals surface area contributed by atoms with E-state index in [4.69, 9.17) is 22.9 Å². The molecule has 12 N–H and O–H groups in total. The van der Waals surface area contributed by atoms with Gasteiger partial charge in [-0.3, -0.25) is 24.2 Å². The summed E-state index contributed by atoms with van der Waals surface area (Å²) in [5, 5.41) is 16.8. The third-order valence-corrected chi connectivity index (χ3v) is 6.03. The highest BCUT2D eigenvalue weighted by Crippen LogP contribution is 2.11. The summed E-state index contributed by atoms with van der Waals surface area (Å²) in [6.45, 7) is 3.67. The van der Waals surface area contributed by atoms with Crippen LogP contribution in [-0.4, -0.2) is 71.4 Å². The smallest absolute Gasteiger partial charge is 0.326 e. The molecule has 14 heteroatoms. The highest BCUT2D eigenvalue weighted by atomic mass is 16.4. The molecule has 0 aliphatic heterocycles. The molecule has 0 heterocycles. The van der Waals surface area contributed by atoms with Gasteiger partial charge in [0.2, 0.25) is 23.6 Å². The van der Waals surface area contributed by atoms with Crippen molar-refractivity contribution in [2.24, 2.45) is 33.8 Å². The van der Waals surface area contributed by atoms with Crippen molar-refractivity contribution >= 4 is 35.6 Å². The van der Waals surface area contributed by atoms with Gasteiger partial charge in [-0.2, -0.15) is 0 Å². The molecular formula is C25H40N8O6. The van der Waals surface area contributed by atoms with Crippen molar-refractivity contribution in [2.45, 2.75) is 70.1 Å². The number of aliphatic imine (C=N–C) groups is 1. The fourth-order valence-electron chi connectivity index (χ4n) is 3.63. The second kappa shape index (κ2) is 16.6. The molecule has 0 bridgehead atoms. The molecule has 5 atom stereocenters. The summed E-state index contributed by atoms with van der Waals surface area (Å²) in [7, 11) is 0. The number of carboxylic acid groups (broad SMARTS) is 1. The molecule has 0 spiro atoms. The van der Waals surface area contributed by atoms with Gasteiger partial charge in [-0.1, -0.05) is 50.6 Å². The Morgan fingerprint density at radius 1 is 0.923 bits per heavy atom. The van der Waals surface area contributed by atoms with Gasteiger partial charge in [0.1, 0.15) is 18.1 Å². The predicted molar refractivity (Wildman–Crippen MR) is 145 cm³/mol. The number of primary amides is 1. The van der Waals surface area contributed by atoms with Crippen molar-refractivity contribution in [1.82, 2.24) is 16.0 Å². The van der Waals surface area contributed by atoms with Crippen LogP contribution in [0.3, 0.4) is 0 Å². The number of aliphatic carboxylic acids is 1. The molecule has 1 aromatic carbocycles. The van der Waals surface area contributed by atoms with Gasteiger partial charge in [-0.25, -0.2) is 4.79 Å². The Kier molecular flexibility index (Phi) is 14.0. The molecule has 1 aromatic rings. The molecule has 0 saturated heterocycles. The molecule has 0 fully saturated rings. The molecule has 39 heavy (non-hydrogen) atoms. The number of carbonyl (C=O) groups excluding carboxylic acids is 4. The molecule has 0 aliphatic carbocycles. The summed E-state index contributed by atoms with van der Waals surface area (Å²) in [4.78, 5) is 65.7. The third-order valence-electron chi connectivity index (χ3n) is 6.03. The lowest BCUT2D eigenvalue weighted by Crippen LogP contribution is -2.59. The second-order valence-electron chi connectivity index (χ2n) is 9.25. The van der Waals surface area contributed by atoms with E-state index in [-0.39, 0.29) is 25.3 Å². The molecule has 1 rings (SSSR count). The normalized spacial score (nSPS) is 14.5. The van der Waals surface area contributed by atoms with E-state index in [1.165, 1.54) is 0 Å². The Labute approximate surface area is 227 Å². The van der Waals surface area contributed by atoms with Gasteiger partial charge in [-0.15, -0.1) is 0 Å². The zero-order valence-electron chi connectivity index (χ0n) is 22.3. The number of hydrogen-bond acceptors (Lipinski definition) is 7. The number of carbonyl (C=O) groups is 5. The number of carboxylic acids is 1. The minimum Gasteiger partial charge on any atom is -0.480 e. The van der Waals surface area contributed by atoms with Crippen LogP contribution in [0.5, 0.6) is 0 Å². The topological polar surface area (TPSA) is 258 Å². The van der Waals surface area contributed by atoms with E-state index in [1.807, 2.05) is 30.3 Å².